The molecule has 1 saturated heterocycles. The third-order valence-corrected chi connectivity index (χ3v) is 5.08. The molecule has 0 saturated carbocycles. The van der Waals surface area contributed by atoms with E-state index in [9.17, 15) is 14.4 Å². The zero-order valence-corrected chi connectivity index (χ0v) is 15.4. The fourth-order valence-corrected chi connectivity index (χ4v) is 3.66. The second-order valence-electron chi connectivity index (χ2n) is 6.71. The van der Waals surface area contributed by atoms with Gasteiger partial charge in [0.15, 0.2) is 0 Å². The molecule has 3 heterocycles. The lowest BCUT2D eigenvalue weighted by molar-refractivity contribution is 0.0598. The molecular formula is C20H20N4O4. The van der Waals surface area contributed by atoms with Crippen LogP contribution in [0.15, 0.2) is 42.6 Å². The standard InChI is InChI=1S/C20H20N4O4/c1-28-20(27)13-6-7-22-17(10-13)23-9-8-21-11-14(23)12-24-18(25)15-4-2-3-5-16(15)19(24)26/h2-7,10,14,21H,8-9,11-12H2,1H3. The number of amides is 2. The summed E-state index contributed by atoms with van der Waals surface area (Å²) in [5.41, 5.74) is 1.28. The Bertz CT molecular complexity index is 910. The predicted octanol–water partition coefficient (Wildman–Crippen LogP) is 0.943. The molecule has 1 atom stereocenters. The number of nitrogens with one attached hydrogen (secondary N) is 1. The summed E-state index contributed by atoms with van der Waals surface area (Å²) < 4.78 is 4.78. The first-order chi connectivity index (χ1) is 13.6. The third kappa shape index (κ3) is 3.11. The Morgan fingerprint density at radius 2 is 1.93 bits per heavy atom. The number of aromatic nitrogens is 1. The van der Waals surface area contributed by atoms with Crippen molar-refractivity contribution in [1.29, 1.82) is 0 Å². The van der Waals surface area contributed by atoms with Gasteiger partial charge >= 0.3 is 5.97 Å². The Morgan fingerprint density at radius 1 is 1.21 bits per heavy atom. The minimum absolute atomic E-state index is 0.156. The molecule has 4 rings (SSSR count). The Morgan fingerprint density at radius 3 is 2.61 bits per heavy atom. The number of methoxy groups -OCH3 is 1. The van der Waals surface area contributed by atoms with E-state index in [1.165, 1.54) is 12.0 Å². The minimum atomic E-state index is -0.435. The highest BCUT2D eigenvalue weighted by Crippen LogP contribution is 2.25. The largest absolute Gasteiger partial charge is 0.465 e. The summed E-state index contributed by atoms with van der Waals surface area (Å²) in [6, 6.07) is 9.97. The number of piperazine rings is 1. The van der Waals surface area contributed by atoms with Crippen LogP contribution in [-0.2, 0) is 4.74 Å². The molecule has 0 radical (unpaired) electrons. The lowest BCUT2D eigenvalue weighted by atomic mass is 10.1. The average Bonchev–Trinajstić information content (AvgIpc) is 2.99. The van der Waals surface area contributed by atoms with Gasteiger partial charge in [0.2, 0.25) is 0 Å². The topological polar surface area (TPSA) is 91.8 Å². The summed E-state index contributed by atoms with van der Waals surface area (Å²) in [6.07, 6.45) is 1.56. The number of anilines is 1. The van der Waals surface area contributed by atoms with Crippen molar-refractivity contribution >= 4 is 23.6 Å². The lowest BCUT2D eigenvalue weighted by Gasteiger charge is -2.38. The third-order valence-electron chi connectivity index (χ3n) is 5.08. The van der Waals surface area contributed by atoms with Crippen LogP contribution >= 0.6 is 0 Å². The van der Waals surface area contributed by atoms with Gasteiger partial charge in [0.05, 0.1) is 36.4 Å². The van der Waals surface area contributed by atoms with Gasteiger partial charge in [0.25, 0.3) is 11.8 Å². The van der Waals surface area contributed by atoms with Crippen molar-refractivity contribution in [3.63, 3.8) is 0 Å². The zero-order chi connectivity index (χ0) is 19.7. The van der Waals surface area contributed by atoms with E-state index in [0.29, 0.717) is 35.6 Å². The molecule has 2 aromatic rings. The molecule has 1 unspecified atom stereocenters. The average molecular weight is 380 g/mol. The molecule has 2 amide bonds. The number of fused-ring (bicyclic) bond motifs is 1. The number of ether oxygens (including phenoxy) is 1. The minimum Gasteiger partial charge on any atom is -0.465 e. The Hall–Kier alpha value is -3.26. The first kappa shape index (κ1) is 18.1. The molecule has 0 bridgehead atoms. The van der Waals surface area contributed by atoms with Gasteiger partial charge in [-0.1, -0.05) is 12.1 Å². The van der Waals surface area contributed by atoms with E-state index in [2.05, 4.69) is 10.3 Å². The van der Waals surface area contributed by atoms with Crippen molar-refractivity contribution in [3.8, 4) is 0 Å². The highest BCUT2D eigenvalue weighted by molar-refractivity contribution is 6.21. The van der Waals surface area contributed by atoms with Gasteiger partial charge in [-0.15, -0.1) is 0 Å². The summed E-state index contributed by atoms with van der Waals surface area (Å²) in [6.45, 7) is 2.22. The quantitative estimate of drug-likeness (QED) is 0.623. The molecule has 28 heavy (non-hydrogen) atoms. The summed E-state index contributed by atoms with van der Waals surface area (Å²) in [5, 5.41) is 3.30. The highest BCUT2D eigenvalue weighted by atomic mass is 16.5. The van der Waals surface area contributed by atoms with Crippen molar-refractivity contribution in [2.75, 3.05) is 38.2 Å². The number of esters is 1. The van der Waals surface area contributed by atoms with Crippen molar-refractivity contribution in [2.24, 2.45) is 0 Å². The number of hydrogen-bond donors (Lipinski definition) is 1. The van der Waals surface area contributed by atoms with Gasteiger partial charge in [-0.25, -0.2) is 9.78 Å². The first-order valence-corrected chi connectivity index (χ1v) is 9.07. The second kappa shape index (κ2) is 7.40. The highest BCUT2D eigenvalue weighted by Gasteiger charge is 2.38. The number of carbonyl (C=O) groups is 3. The number of hydrogen-bond acceptors (Lipinski definition) is 7. The smallest absolute Gasteiger partial charge is 0.338 e. The molecule has 2 aliphatic rings. The van der Waals surface area contributed by atoms with Crippen LogP contribution in [0.3, 0.4) is 0 Å². The molecule has 0 aliphatic carbocycles. The molecule has 8 nitrogen and oxygen atoms in total. The van der Waals surface area contributed by atoms with Gasteiger partial charge in [-0.2, -0.15) is 0 Å². The number of rotatable bonds is 4. The maximum atomic E-state index is 12.7. The van der Waals surface area contributed by atoms with Gasteiger partial charge < -0.3 is 15.0 Å². The number of imide groups is 1. The number of pyridine rings is 1. The monoisotopic (exact) mass is 380 g/mol. The summed E-state index contributed by atoms with van der Waals surface area (Å²) in [4.78, 5) is 44.9. The first-order valence-electron chi connectivity index (χ1n) is 9.07. The van der Waals surface area contributed by atoms with Crippen molar-refractivity contribution in [1.82, 2.24) is 15.2 Å². The van der Waals surface area contributed by atoms with Crippen LogP contribution in [0.25, 0.3) is 0 Å². The van der Waals surface area contributed by atoms with Crippen LogP contribution in [0.1, 0.15) is 31.1 Å². The van der Waals surface area contributed by atoms with Crippen LogP contribution < -0.4 is 10.2 Å². The Kier molecular flexibility index (Phi) is 4.79. The molecule has 144 valence electrons. The van der Waals surface area contributed by atoms with E-state index in [-0.39, 0.29) is 24.4 Å². The number of nitrogens with zero attached hydrogens (tertiary/aromatic N) is 3. The maximum Gasteiger partial charge on any atom is 0.338 e. The molecule has 1 N–H and O–H groups in total. The van der Waals surface area contributed by atoms with Gasteiger partial charge in [-0.3, -0.25) is 14.5 Å². The molecular weight excluding hydrogens is 360 g/mol. The molecule has 2 aliphatic heterocycles. The van der Waals surface area contributed by atoms with E-state index >= 15 is 0 Å². The van der Waals surface area contributed by atoms with Crippen molar-refractivity contribution < 1.29 is 19.1 Å². The Labute approximate surface area is 162 Å². The fourth-order valence-electron chi connectivity index (χ4n) is 3.66. The molecule has 1 aromatic carbocycles. The predicted molar refractivity (Wildman–Crippen MR) is 101 cm³/mol. The van der Waals surface area contributed by atoms with Gasteiger partial charge in [0, 0.05) is 25.8 Å². The van der Waals surface area contributed by atoms with Gasteiger partial charge in [-0.05, 0) is 24.3 Å². The van der Waals surface area contributed by atoms with E-state index in [1.807, 2.05) is 4.90 Å². The molecule has 1 aromatic heterocycles. The van der Waals surface area contributed by atoms with Crippen LogP contribution in [-0.4, -0.2) is 67.0 Å². The van der Waals surface area contributed by atoms with E-state index < -0.39 is 5.97 Å². The van der Waals surface area contributed by atoms with E-state index in [1.54, 1.807) is 42.6 Å². The van der Waals surface area contributed by atoms with Crippen molar-refractivity contribution in [2.45, 2.75) is 6.04 Å². The molecule has 0 spiro atoms. The zero-order valence-electron chi connectivity index (χ0n) is 15.4. The van der Waals surface area contributed by atoms with Crippen LogP contribution in [0.4, 0.5) is 5.82 Å². The normalized spacial score (nSPS) is 19.0. The van der Waals surface area contributed by atoms with Crippen molar-refractivity contribution in [3.05, 3.63) is 59.3 Å². The molecule has 1 fully saturated rings. The SMILES string of the molecule is COC(=O)c1ccnc(N2CCNCC2CN2C(=O)c3ccccc3C2=O)c1. The second-order valence-corrected chi connectivity index (χ2v) is 6.71. The lowest BCUT2D eigenvalue weighted by Crippen LogP contribution is -2.56. The summed E-state index contributed by atoms with van der Waals surface area (Å²) >= 11 is 0. The molecule has 8 heteroatoms. The fraction of sp³-hybridized carbons (Fsp3) is 0.300. The van der Waals surface area contributed by atoms with Crippen LogP contribution in [0, 0.1) is 0 Å². The Balaban J connectivity index is 1.58. The maximum absolute atomic E-state index is 12.7. The van der Waals surface area contributed by atoms with Crippen LogP contribution in [0.5, 0.6) is 0 Å². The summed E-state index contributed by atoms with van der Waals surface area (Å²) in [7, 11) is 1.33. The van der Waals surface area contributed by atoms with E-state index in [0.717, 1.165) is 6.54 Å². The van der Waals surface area contributed by atoms with Gasteiger partial charge in [0.1, 0.15) is 5.82 Å². The van der Waals surface area contributed by atoms with Crippen LogP contribution in [0.2, 0.25) is 0 Å². The van der Waals surface area contributed by atoms with E-state index in [4.69, 9.17) is 4.74 Å². The number of carbonyl (C=O) groups excluding carboxylic acids is 3. The number of benzene rings is 1. The summed E-state index contributed by atoms with van der Waals surface area (Å²) in [5.74, 6) is -0.369.